The lowest BCUT2D eigenvalue weighted by molar-refractivity contribution is 0.434. The zero-order chi connectivity index (χ0) is 18.2. The maximum Gasteiger partial charge on any atom is 0.306 e. The Morgan fingerprint density at radius 2 is 1.84 bits per heavy atom. The second-order valence-electron chi connectivity index (χ2n) is 5.29. The third kappa shape index (κ3) is 3.85. The van der Waals surface area contributed by atoms with Crippen molar-refractivity contribution in [2.24, 2.45) is 0 Å². The SMILES string of the molecule is Cc1oc2cc(OS(C)(=O)=O)ccc2c(=O)c1Oc1ccccc1Br. The van der Waals surface area contributed by atoms with Gasteiger partial charge >= 0.3 is 10.1 Å². The van der Waals surface area contributed by atoms with Crippen LogP contribution in [0.5, 0.6) is 17.2 Å². The molecule has 6 nitrogen and oxygen atoms in total. The van der Waals surface area contributed by atoms with Crippen molar-refractivity contribution in [2.45, 2.75) is 6.92 Å². The monoisotopic (exact) mass is 424 g/mol. The first-order valence-corrected chi connectivity index (χ1v) is 9.75. The van der Waals surface area contributed by atoms with Gasteiger partial charge in [-0.15, -0.1) is 0 Å². The van der Waals surface area contributed by atoms with Crippen LogP contribution in [0.15, 0.2) is 56.1 Å². The van der Waals surface area contributed by atoms with Crippen LogP contribution in [0.3, 0.4) is 0 Å². The molecule has 0 unspecified atom stereocenters. The Hall–Kier alpha value is -2.32. The number of aryl methyl sites for hydroxylation is 1. The fourth-order valence-corrected chi connectivity index (χ4v) is 3.07. The summed E-state index contributed by atoms with van der Waals surface area (Å²) in [5, 5.41) is 0.258. The molecular weight excluding hydrogens is 412 g/mol. The predicted molar refractivity (Wildman–Crippen MR) is 96.9 cm³/mol. The summed E-state index contributed by atoms with van der Waals surface area (Å²) >= 11 is 3.36. The molecule has 0 atom stereocenters. The third-order valence-electron chi connectivity index (χ3n) is 3.28. The Bertz CT molecular complexity index is 1120. The topological polar surface area (TPSA) is 82.8 Å². The molecule has 0 radical (unpaired) electrons. The van der Waals surface area contributed by atoms with E-state index in [-0.39, 0.29) is 33.7 Å². The molecule has 3 aromatic rings. The summed E-state index contributed by atoms with van der Waals surface area (Å²) in [6, 6.07) is 11.3. The zero-order valence-corrected chi connectivity index (χ0v) is 15.7. The van der Waals surface area contributed by atoms with Crippen molar-refractivity contribution in [3.8, 4) is 17.2 Å². The van der Waals surface area contributed by atoms with Gasteiger partial charge < -0.3 is 13.3 Å². The largest absolute Gasteiger partial charge is 0.457 e. The van der Waals surface area contributed by atoms with E-state index in [1.807, 2.05) is 6.07 Å². The van der Waals surface area contributed by atoms with Crippen molar-refractivity contribution >= 4 is 37.0 Å². The number of ether oxygens (including phenoxy) is 1. The highest BCUT2D eigenvalue weighted by Crippen LogP contribution is 2.31. The van der Waals surface area contributed by atoms with Crippen LogP contribution in [-0.4, -0.2) is 14.7 Å². The molecule has 0 saturated carbocycles. The number of para-hydroxylation sites is 1. The highest BCUT2D eigenvalue weighted by molar-refractivity contribution is 9.10. The summed E-state index contributed by atoms with van der Waals surface area (Å²) in [4.78, 5) is 12.7. The molecule has 0 amide bonds. The molecule has 0 saturated heterocycles. The maximum absolute atomic E-state index is 12.7. The third-order valence-corrected chi connectivity index (χ3v) is 4.43. The Morgan fingerprint density at radius 3 is 2.52 bits per heavy atom. The van der Waals surface area contributed by atoms with Crippen molar-refractivity contribution in [3.63, 3.8) is 0 Å². The van der Waals surface area contributed by atoms with Gasteiger partial charge in [0.1, 0.15) is 22.8 Å². The van der Waals surface area contributed by atoms with Gasteiger partial charge in [-0.1, -0.05) is 12.1 Å². The minimum absolute atomic E-state index is 0.0659. The summed E-state index contributed by atoms with van der Waals surface area (Å²) in [5.74, 6) is 0.882. The lowest BCUT2D eigenvalue weighted by Gasteiger charge is -2.10. The van der Waals surface area contributed by atoms with E-state index in [0.29, 0.717) is 10.2 Å². The fraction of sp³-hybridized carbons (Fsp3) is 0.118. The minimum Gasteiger partial charge on any atom is -0.457 e. The van der Waals surface area contributed by atoms with Crippen molar-refractivity contribution in [1.29, 1.82) is 0 Å². The molecule has 1 heterocycles. The van der Waals surface area contributed by atoms with Crippen LogP contribution < -0.4 is 14.3 Å². The second-order valence-corrected chi connectivity index (χ2v) is 7.72. The maximum atomic E-state index is 12.7. The van der Waals surface area contributed by atoms with Gasteiger partial charge in [0.05, 0.1) is 16.1 Å². The molecular formula is C17H13BrO6S. The van der Waals surface area contributed by atoms with E-state index in [0.717, 1.165) is 6.26 Å². The average molecular weight is 425 g/mol. The number of benzene rings is 2. The van der Waals surface area contributed by atoms with E-state index in [2.05, 4.69) is 15.9 Å². The Balaban J connectivity index is 2.09. The van der Waals surface area contributed by atoms with Gasteiger partial charge in [-0.3, -0.25) is 4.79 Å². The molecule has 130 valence electrons. The molecule has 2 aromatic carbocycles. The van der Waals surface area contributed by atoms with E-state index < -0.39 is 10.1 Å². The van der Waals surface area contributed by atoms with E-state index >= 15 is 0 Å². The quantitative estimate of drug-likeness (QED) is 0.588. The highest BCUT2D eigenvalue weighted by Gasteiger charge is 2.16. The molecule has 0 aliphatic rings. The van der Waals surface area contributed by atoms with Crippen LogP contribution in [-0.2, 0) is 10.1 Å². The van der Waals surface area contributed by atoms with Crippen molar-refractivity contribution in [3.05, 3.63) is 62.9 Å². The highest BCUT2D eigenvalue weighted by atomic mass is 79.9. The summed E-state index contributed by atoms with van der Waals surface area (Å²) in [6.07, 6.45) is 0.938. The molecule has 25 heavy (non-hydrogen) atoms. The van der Waals surface area contributed by atoms with Crippen LogP contribution in [0.4, 0.5) is 0 Å². The average Bonchev–Trinajstić information content (AvgIpc) is 2.51. The summed E-state index contributed by atoms with van der Waals surface area (Å²) in [5.41, 5.74) is -0.150. The predicted octanol–water partition coefficient (Wildman–Crippen LogP) is 3.99. The van der Waals surface area contributed by atoms with Crippen LogP contribution >= 0.6 is 15.9 Å². The lowest BCUT2D eigenvalue weighted by atomic mass is 10.2. The molecule has 0 spiro atoms. The van der Waals surface area contributed by atoms with Crippen LogP contribution in [0, 0.1) is 6.92 Å². The molecule has 0 N–H and O–H groups in total. The molecule has 8 heteroatoms. The number of halogens is 1. The first-order valence-electron chi connectivity index (χ1n) is 7.14. The molecule has 0 aliphatic heterocycles. The molecule has 1 aromatic heterocycles. The molecule has 0 fully saturated rings. The van der Waals surface area contributed by atoms with Gasteiger partial charge in [0.25, 0.3) is 0 Å². The smallest absolute Gasteiger partial charge is 0.306 e. The number of fused-ring (bicyclic) bond motifs is 1. The Morgan fingerprint density at radius 1 is 1.12 bits per heavy atom. The first-order chi connectivity index (χ1) is 11.7. The van der Waals surface area contributed by atoms with Crippen LogP contribution in [0.2, 0.25) is 0 Å². The zero-order valence-electron chi connectivity index (χ0n) is 13.3. The van der Waals surface area contributed by atoms with Gasteiger partial charge in [-0.2, -0.15) is 8.42 Å². The molecule has 3 rings (SSSR count). The van der Waals surface area contributed by atoms with Gasteiger partial charge in [0.2, 0.25) is 11.2 Å². The minimum atomic E-state index is -3.67. The van der Waals surface area contributed by atoms with E-state index in [1.54, 1.807) is 25.1 Å². The van der Waals surface area contributed by atoms with Gasteiger partial charge in [-0.05, 0) is 47.1 Å². The lowest BCUT2D eigenvalue weighted by Crippen LogP contribution is -2.09. The van der Waals surface area contributed by atoms with Crippen molar-refractivity contribution < 1.29 is 21.8 Å². The standard InChI is InChI=1S/C17H13BrO6S/c1-10-17(23-14-6-4-3-5-13(14)18)16(19)12-8-7-11(9-15(12)22-10)24-25(2,20)21/h3-9H,1-2H3. The summed E-state index contributed by atoms with van der Waals surface area (Å²) < 4.78 is 39.3. The van der Waals surface area contributed by atoms with Crippen molar-refractivity contribution in [1.82, 2.24) is 0 Å². The number of hydrogen-bond acceptors (Lipinski definition) is 6. The van der Waals surface area contributed by atoms with Gasteiger partial charge in [0.15, 0.2) is 0 Å². The number of rotatable bonds is 4. The Labute approximate surface area is 152 Å². The second kappa shape index (κ2) is 6.53. The van der Waals surface area contributed by atoms with Gasteiger partial charge in [0, 0.05) is 6.07 Å². The van der Waals surface area contributed by atoms with Gasteiger partial charge in [-0.25, -0.2) is 0 Å². The normalized spacial score (nSPS) is 11.5. The molecule has 0 aliphatic carbocycles. The van der Waals surface area contributed by atoms with Crippen LogP contribution in [0.25, 0.3) is 11.0 Å². The number of hydrogen-bond donors (Lipinski definition) is 0. The summed E-state index contributed by atoms with van der Waals surface area (Å²) in [6.45, 7) is 1.59. The summed E-state index contributed by atoms with van der Waals surface area (Å²) in [7, 11) is -3.67. The first kappa shape index (κ1) is 17.5. The fourth-order valence-electron chi connectivity index (χ4n) is 2.25. The molecule has 0 bridgehead atoms. The van der Waals surface area contributed by atoms with E-state index in [9.17, 15) is 13.2 Å². The van der Waals surface area contributed by atoms with E-state index in [1.165, 1.54) is 18.2 Å². The van der Waals surface area contributed by atoms with Crippen molar-refractivity contribution in [2.75, 3.05) is 6.26 Å². The van der Waals surface area contributed by atoms with E-state index in [4.69, 9.17) is 13.3 Å². The Kier molecular flexibility index (Phi) is 4.57. The van der Waals surface area contributed by atoms with Crippen LogP contribution in [0.1, 0.15) is 5.76 Å².